The Hall–Kier alpha value is -3.73. The molecule has 0 saturated carbocycles. The standard InChI is InChI=1S/C24H21F2N5O3/c25-16-3-1-15(2-4-16)20-21(31-22(30-20)23-33-12-14(11-32)13-34-23)19-9-10-27-24(29-19)28-18-7-5-17(26)6-8-18/h1-10,14,23,32H,11-13H2,(H,30,31)(H,27,28,29). The molecule has 2 aromatic carbocycles. The number of aliphatic hydroxyl groups excluding tert-OH is 1. The van der Waals surface area contributed by atoms with Gasteiger partial charge in [-0.3, -0.25) is 0 Å². The van der Waals surface area contributed by atoms with Gasteiger partial charge in [-0.25, -0.2) is 23.7 Å². The van der Waals surface area contributed by atoms with Crippen LogP contribution in [0.3, 0.4) is 0 Å². The highest BCUT2D eigenvalue weighted by Gasteiger charge is 2.27. The second-order valence-corrected chi connectivity index (χ2v) is 7.80. The molecule has 5 rings (SSSR count). The molecule has 0 spiro atoms. The summed E-state index contributed by atoms with van der Waals surface area (Å²) in [6.07, 6.45) is 0.845. The molecular formula is C24H21F2N5O3. The summed E-state index contributed by atoms with van der Waals surface area (Å²) in [5, 5.41) is 12.4. The van der Waals surface area contributed by atoms with Crippen LogP contribution >= 0.6 is 0 Å². The van der Waals surface area contributed by atoms with Crippen molar-refractivity contribution in [3.63, 3.8) is 0 Å². The van der Waals surface area contributed by atoms with E-state index in [1.807, 2.05) is 0 Å². The third-order valence-corrected chi connectivity index (χ3v) is 5.30. The average Bonchev–Trinajstić information content (AvgIpc) is 3.32. The number of H-pyrrole nitrogens is 1. The van der Waals surface area contributed by atoms with E-state index in [1.165, 1.54) is 24.3 Å². The van der Waals surface area contributed by atoms with E-state index in [9.17, 15) is 13.9 Å². The molecule has 0 amide bonds. The molecule has 34 heavy (non-hydrogen) atoms. The number of benzene rings is 2. The van der Waals surface area contributed by atoms with Gasteiger partial charge in [0.05, 0.1) is 36.9 Å². The maximum absolute atomic E-state index is 13.5. The molecule has 0 atom stereocenters. The highest BCUT2D eigenvalue weighted by atomic mass is 19.1. The molecule has 0 bridgehead atoms. The maximum atomic E-state index is 13.5. The van der Waals surface area contributed by atoms with Gasteiger partial charge in [-0.1, -0.05) is 0 Å². The fourth-order valence-corrected chi connectivity index (χ4v) is 3.53. The van der Waals surface area contributed by atoms with E-state index in [-0.39, 0.29) is 24.2 Å². The van der Waals surface area contributed by atoms with Crippen LogP contribution in [0.15, 0.2) is 60.8 Å². The van der Waals surface area contributed by atoms with Crippen molar-refractivity contribution in [3.8, 4) is 22.6 Å². The van der Waals surface area contributed by atoms with Gasteiger partial charge < -0.3 is 24.9 Å². The number of nitrogens with one attached hydrogen (secondary N) is 2. The maximum Gasteiger partial charge on any atom is 0.227 e. The molecule has 2 aromatic heterocycles. The number of nitrogens with zero attached hydrogens (tertiary/aromatic N) is 3. The van der Waals surface area contributed by atoms with Crippen molar-refractivity contribution in [1.82, 2.24) is 19.9 Å². The van der Waals surface area contributed by atoms with Gasteiger partial charge in [-0.05, 0) is 54.6 Å². The van der Waals surface area contributed by atoms with Crippen LogP contribution in [-0.4, -0.2) is 44.9 Å². The smallest absolute Gasteiger partial charge is 0.227 e. The Morgan fingerprint density at radius 2 is 1.62 bits per heavy atom. The van der Waals surface area contributed by atoms with E-state index in [0.717, 1.165) is 0 Å². The first kappa shape index (κ1) is 22.1. The molecule has 3 N–H and O–H groups in total. The summed E-state index contributed by atoms with van der Waals surface area (Å²) in [6.45, 7) is 0.645. The number of hydrogen-bond acceptors (Lipinski definition) is 7. The first-order valence-corrected chi connectivity index (χ1v) is 10.6. The first-order chi connectivity index (χ1) is 16.6. The van der Waals surface area contributed by atoms with Crippen LogP contribution in [0.4, 0.5) is 20.4 Å². The Morgan fingerprint density at radius 1 is 0.941 bits per heavy atom. The molecule has 0 unspecified atom stereocenters. The molecule has 1 fully saturated rings. The van der Waals surface area contributed by atoms with Crippen molar-refractivity contribution in [2.24, 2.45) is 5.92 Å². The van der Waals surface area contributed by atoms with Gasteiger partial charge in [0.15, 0.2) is 5.82 Å². The summed E-state index contributed by atoms with van der Waals surface area (Å²) >= 11 is 0. The molecular weight excluding hydrogens is 444 g/mol. The molecule has 1 aliphatic rings. The van der Waals surface area contributed by atoms with Crippen molar-refractivity contribution in [1.29, 1.82) is 0 Å². The first-order valence-electron chi connectivity index (χ1n) is 10.6. The van der Waals surface area contributed by atoms with E-state index in [0.29, 0.717) is 53.3 Å². The third kappa shape index (κ3) is 4.79. The fraction of sp³-hybridized carbons (Fsp3) is 0.208. The van der Waals surface area contributed by atoms with Crippen LogP contribution in [0, 0.1) is 17.6 Å². The molecule has 8 nitrogen and oxygen atoms in total. The Kier molecular flexibility index (Phi) is 6.26. The topological polar surface area (TPSA) is 105 Å². The number of aliphatic hydroxyl groups is 1. The predicted molar refractivity (Wildman–Crippen MR) is 120 cm³/mol. The molecule has 0 radical (unpaired) electrons. The normalized spacial score (nSPS) is 18.1. The molecule has 174 valence electrons. The number of aromatic amines is 1. The molecule has 3 heterocycles. The van der Waals surface area contributed by atoms with E-state index in [2.05, 4.69) is 25.3 Å². The van der Waals surface area contributed by atoms with Crippen LogP contribution in [0.2, 0.25) is 0 Å². The average molecular weight is 465 g/mol. The van der Waals surface area contributed by atoms with Crippen molar-refractivity contribution in [3.05, 3.63) is 78.3 Å². The number of ether oxygens (including phenoxy) is 2. The Morgan fingerprint density at radius 3 is 2.29 bits per heavy atom. The van der Waals surface area contributed by atoms with E-state index < -0.39 is 6.29 Å². The summed E-state index contributed by atoms with van der Waals surface area (Å²) in [7, 11) is 0. The van der Waals surface area contributed by atoms with Gasteiger partial charge in [0.1, 0.15) is 11.6 Å². The van der Waals surface area contributed by atoms with Crippen LogP contribution in [-0.2, 0) is 9.47 Å². The summed E-state index contributed by atoms with van der Waals surface area (Å²) in [5.74, 6) is -0.0580. The van der Waals surface area contributed by atoms with Crippen molar-refractivity contribution >= 4 is 11.6 Å². The van der Waals surface area contributed by atoms with Crippen LogP contribution in [0.5, 0.6) is 0 Å². The lowest BCUT2D eigenvalue weighted by Gasteiger charge is -2.26. The fourth-order valence-electron chi connectivity index (χ4n) is 3.53. The van der Waals surface area contributed by atoms with Gasteiger partial charge in [0, 0.05) is 23.4 Å². The summed E-state index contributed by atoms with van der Waals surface area (Å²) < 4.78 is 38.2. The quantitative estimate of drug-likeness (QED) is 0.392. The number of anilines is 2. The van der Waals surface area contributed by atoms with Crippen LogP contribution in [0.1, 0.15) is 12.1 Å². The van der Waals surface area contributed by atoms with Crippen LogP contribution in [0.25, 0.3) is 22.6 Å². The van der Waals surface area contributed by atoms with Crippen molar-refractivity contribution in [2.75, 3.05) is 25.1 Å². The van der Waals surface area contributed by atoms with E-state index in [4.69, 9.17) is 9.47 Å². The van der Waals surface area contributed by atoms with Gasteiger partial charge in [0.2, 0.25) is 12.2 Å². The zero-order valence-electron chi connectivity index (χ0n) is 17.9. The van der Waals surface area contributed by atoms with Gasteiger partial charge in [-0.15, -0.1) is 0 Å². The predicted octanol–water partition coefficient (Wildman–Crippen LogP) is 4.21. The molecule has 1 aliphatic heterocycles. The zero-order valence-corrected chi connectivity index (χ0v) is 17.9. The lowest BCUT2D eigenvalue weighted by molar-refractivity contribution is -0.213. The Bertz CT molecular complexity index is 1260. The highest BCUT2D eigenvalue weighted by Crippen LogP contribution is 2.33. The minimum absolute atomic E-state index is 0.0261. The lowest BCUT2D eigenvalue weighted by atomic mass is 10.1. The van der Waals surface area contributed by atoms with Crippen LogP contribution < -0.4 is 5.32 Å². The van der Waals surface area contributed by atoms with Gasteiger partial charge >= 0.3 is 0 Å². The monoisotopic (exact) mass is 465 g/mol. The van der Waals surface area contributed by atoms with Gasteiger partial charge in [0.25, 0.3) is 0 Å². The second-order valence-electron chi connectivity index (χ2n) is 7.80. The summed E-state index contributed by atoms with van der Waals surface area (Å²) in [6, 6.07) is 13.5. The molecule has 0 aliphatic carbocycles. The summed E-state index contributed by atoms with van der Waals surface area (Å²) in [5.41, 5.74) is 2.95. The zero-order chi connectivity index (χ0) is 23.5. The third-order valence-electron chi connectivity index (χ3n) is 5.30. The number of halogens is 2. The second kappa shape index (κ2) is 9.64. The Labute approximate surface area is 193 Å². The number of imidazole rings is 1. The number of aromatic nitrogens is 4. The molecule has 1 saturated heterocycles. The Balaban J connectivity index is 1.50. The van der Waals surface area contributed by atoms with Gasteiger partial charge in [-0.2, -0.15) is 0 Å². The van der Waals surface area contributed by atoms with Crippen molar-refractivity contribution < 1.29 is 23.4 Å². The number of hydrogen-bond donors (Lipinski definition) is 3. The number of rotatable bonds is 6. The van der Waals surface area contributed by atoms with Crippen molar-refractivity contribution in [2.45, 2.75) is 6.29 Å². The van der Waals surface area contributed by atoms with E-state index >= 15 is 0 Å². The highest BCUT2D eigenvalue weighted by molar-refractivity contribution is 5.77. The minimum Gasteiger partial charge on any atom is -0.396 e. The lowest BCUT2D eigenvalue weighted by Crippen LogP contribution is -2.29. The minimum atomic E-state index is -0.741. The summed E-state index contributed by atoms with van der Waals surface area (Å²) in [4.78, 5) is 16.7. The molecule has 4 aromatic rings. The SMILES string of the molecule is OCC1COC(c2nc(-c3ccc(F)cc3)c(-c3ccnc(Nc4ccc(F)cc4)n3)[nH]2)OC1. The largest absolute Gasteiger partial charge is 0.396 e. The molecule has 10 heteroatoms. The van der Waals surface area contributed by atoms with E-state index in [1.54, 1.807) is 36.5 Å².